The highest BCUT2D eigenvalue weighted by atomic mass is 16.4. The van der Waals surface area contributed by atoms with Crippen LogP contribution in [-0.4, -0.2) is 54.7 Å². The average molecular weight is 277 g/mol. The molecule has 0 radical (unpaired) electrons. The number of anilines is 1. The van der Waals surface area contributed by atoms with Crippen LogP contribution in [0.2, 0.25) is 0 Å². The molecular formula is C15H23N3O2. The Morgan fingerprint density at radius 1 is 1.45 bits per heavy atom. The van der Waals surface area contributed by atoms with Gasteiger partial charge in [-0.2, -0.15) is 0 Å². The molecule has 0 aliphatic carbocycles. The molecule has 5 heteroatoms. The Kier molecular flexibility index (Phi) is 4.60. The summed E-state index contributed by atoms with van der Waals surface area (Å²) in [4.78, 5) is 19.8. The first-order valence-corrected chi connectivity index (χ1v) is 7.07. The Morgan fingerprint density at radius 2 is 2.10 bits per heavy atom. The summed E-state index contributed by atoms with van der Waals surface area (Å²) in [7, 11) is 4.23. The van der Waals surface area contributed by atoms with Crippen LogP contribution in [0.15, 0.2) is 12.3 Å². The van der Waals surface area contributed by atoms with E-state index in [-0.39, 0.29) is 5.56 Å². The van der Waals surface area contributed by atoms with Crippen LogP contribution in [0.5, 0.6) is 0 Å². The second-order valence-corrected chi connectivity index (χ2v) is 5.86. The molecule has 1 aliphatic heterocycles. The van der Waals surface area contributed by atoms with E-state index in [2.05, 4.69) is 28.9 Å². The van der Waals surface area contributed by atoms with Crippen molar-refractivity contribution in [1.29, 1.82) is 0 Å². The van der Waals surface area contributed by atoms with Gasteiger partial charge in [-0.15, -0.1) is 0 Å². The number of hydrogen-bond donors (Lipinski definition) is 1. The van der Waals surface area contributed by atoms with Gasteiger partial charge < -0.3 is 14.9 Å². The first-order chi connectivity index (χ1) is 9.47. The number of pyridine rings is 1. The topological polar surface area (TPSA) is 56.7 Å². The van der Waals surface area contributed by atoms with Crippen LogP contribution >= 0.6 is 0 Å². The quantitative estimate of drug-likeness (QED) is 0.910. The minimum absolute atomic E-state index is 0.258. The lowest BCUT2D eigenvalue weighted by atomic mass is 9.96. The molecule has 0 unspecified atom stereocenters. The Labute approximate surface area is 120 Å². The first-order valence-electron chi connectivity index (χ1n) is 7.07. The van der Waals surface area contributed by atoms with Crippen molar-refractivity contribution in [2.75, 3.05) is 38.6 Å². The number of piperidine rings is 1. The van der Waals surface area contributed by atoms with Crippen molar-refractivity contribution in [3.8, 4) is 0 Å². The second-order valence-electron chi connectivity index (χ2n) is 5.86. The molecule has 2 heterocycles. The van der Waals surface area contributed by atoms with Gasteiger partial charge in [0.2, 0.25) is 0 Å². The molecule has 1 aromatic heterocycles. The molecule has 2 rings (SSSR count). The molecule has 0 amide bonds. The van der Waals surface area contributed by atoms with Crippen LogP contribution < -0.4 is 4.90 Å². The molecule has 5 nitrogen and oxygen atoms in total. The monoisotopic (exact) mass is 277 g/mol. The molecule has 1 saturated heterocycles. The van der Waals surface area contributed by atoms with Crippen molar-refractivity contribution < 1.29 is 9.90 Å². The Hall–Kier alpha value is -1.62. The van der Waals surface area contributed by atoms with Crippen molar-refractivity contribution in [3.63, 3.8) is 0 Å². The number of rotatable bonds is 4. The number of carboxylic acids is 1. The van der Waals surface area contributed by atoms with Gasteiger partial charge in [0.15, 0.2) is 0 Å². The number of aromatic carboxylic acids is 1. The highest BCUT2D eigenvalue weighted by Gasteiger charge is 2.22. The zero-order valence-corrected chi connectivity index (χ0v) is 12.5. The SMILES string of the molecule is Cc1cc(C(=O)O)cnc1N1CCC(CN(C)C)CC1. The zero-order valence-electron chi connectivity index (χ0n) is 12.5. The van der Waals surface area contributed by atoms with E-state index in [1.54, 1.807) is 6.07 Å². The summed E-state index contributed by atoms with van der Waals surface area (Å²) in [6.45, 7) is 5.07. The zero-order chi connectivity index (χ0) is 14.7. The largest absolute Gasteiger partial charge is 0.478 e. The standard InChI is InChI=1S/C15H23N3O2/c1-11-8-13(15(19)20)9-16-14(11)18-6-4-12(5-7-18)10-17(2)3/h8-9,12H,4-7,10H2,1-3H3,(H,19,20). The molecule has 20 heavy (non-hydrogen) atoms. The lowest BCUT2D eigenvalue weighted by Crippen LogP contribution is -2.37. The average Bonchev–Trinajstić information content (AvgIpc) is 2.39. The third-order valence-corrected chi connectivity index (χ3v) is 3.83. The molecular weight excluding hydrogens is 254 g/mol. The van der Waals surface area contributed by atoms with Crippen LogP contribution in [0.4, 0.5) is 5.82 Å². The molecule has 1 N–H and O–H groups in total. The lowest BCUT2D eigenvalue weighted by molar-refractivity contribution is 0.0696. The van der Waals surface area contributed by atoms with Crippen molar-refractivity contribution in [1.82, 2.24) is 9.88 Å². The van der Waals surface area contributed by atoms with Gasteiger partial charge in [-0.05, 0) is 51.4 Å². The number of hydrogen-bond acceptors (Lipinski definition) is 4. The van der Waals surface area contributed by atoms with Crippen LogP contribution in [-0.2, 0) is 0 Å². The minimum atomic E-state index is -0.920. The van der Waals surface area contributed by atoms with Crippen molar-refractivity contribution >= 4 is 11.8 Å². The molecule has 1 aliphatic rings. The van der Waals surface area contributed by atoms with Crippen LogP contribution in [0.1, 0.15) is 28.8 Å². The highest BCUT2D eigenvalue weighted by molar-refractivity contribution is 5.87. The summed E-state index contributed by atoms with van der Waals surface area (Å²) in [6.07, 6.45) is 3.79. The van der Waals surface area contributed by atoms with Gasteiger partial charge in [-0.1, -0.05) is 0 Å². The predicted octanol–water partition coefficient (Wildman–Crippen LogP) is 1.87. The van der Waals surface area contributed by atoms with Crippen LogP contribution in [0.25, 0.3) is 0 Å². The fourth-order valence-electron chi connectivity index (χ4n) is 2.86. The van der Waals surface area contributed by atoms with E-state index >= 15 is 0 Å². The number of aryl methyl sites for hydroxylation is 1. The summed E-state index contributed by atoms with van der Waals surface area (Å²) < 4.78 is 0. The lowest BCUT2D eigenvalue weighted by Gasteiger charge is -2.34. The van der Waals surface area contributed by atoms with Gasteiger partial charge in [0.05, 0.1) is 5.56 Å². The smallest absolute Gasteiger partial charge is 0.337 e. The molecule has 110 valence electrons. The molecule has 0 bridgehead atoms. The van der Waals surface area contributed by atoms with E-state index in [1.165, 1.54) is 19.0 Å². The fraction of sp³-hybridized carbons (Fsp3) is 0.600. The van der Waals surface area contributed by atoms with Crippen LogP contribution in [0, 0.1) is 12.8 Å². The predicted molar refractivity (Wildman–Crippen MR) is 79.4 cm³/mol. The van der Waals surface area contributed by atoms with E-state index in [1.807, 2.05) is 6.92 Å². The summed E-state index contributed by atoms with van der Waals surface area (Å²) in [5.74, 6) is 0.759. The maximum absolute atomic E-state index is 10.9. The highest BCUT2D eigenvalue weighted by Crippen LogP contribution is 2.25. The molecule has 0 aromatic carbocycles. The molecule has 1 aromatic rings. The van der Waals surface area contributed by atoms with E-state index in [0.717, 1.165) is 36.9 Å². The van der Waals surface area contributed by atoms with Gasteiger partial charge in [0.1, 0.15) is 5.82 Å². The van der Waals surface area contributed by atoms with E-state index in [9.17, 15) is 4.79 Å². The Morgan fingerprint density at radius 3 is 2.60 bits per heavy atom. The third-order valence-electron chi connectivity index (χ3n) is 3.83. The van der Waals surface area contributed by atoms with Gasteiger partial charge in [0, 0.05) is 25.8 Å². The maximum Gasteiger partial charge on any atom is 0.337 e. The summed E-state index contributed by atoms with van der Waals surface area (Å²) >= 11 is 0. The molecule has 0 atom stereocenters. The van der Waals surface area contributed by atoms with Crippen molar-refractivity contribution in [2.45, 2.75) is 19.8 Å². The fourth-order valence-corrected chi connectivity index (χ4v) is 2.86. The van der Waals surface area contributed by atoms with E-state index < -0.39 is 5.97 Å². The Balaban J connectivity index is 2.02. The minimum Gasteiger partial charge on any atom is -0.478 e. The summed E-state index contributed by atoms with van der Waals surface area (Å²) in [5.41, 5.74) is 1.20. The molecule has 0 spiro atoms. The summed E-state index contributed by atoms with van der Waals surface area (Å²) in [6, 6.07) is 1.70. The molecule has 1 fully saturated rings. The van der Waals surface area contributed by atoms with Gasteiger partial charge in [0.25, 0.3) is 0 Å². The normalized spacial score (nSPS) is 16.7. The number of aromatic nitrogens is 1. The second kappa shape index (κ2) is 6.22. The van der Waals surface area contributed by atoms with Gasteiger partial charge in [-0.3, -0.25) is 0 Å². The van der Waals surface area contributed by atoms with Crippen molar-refractivity contribution in [2.24, 2.45) is 5.92 Å². The van der Waals surface area contributed by atoms with Gasteiger partial charge >= 0.3 is 5.97 Å². The third kappa shape index (κ3) is 3.48. The first kappa shape index (κ1) is 14.8. The number of nitrogens with zero attached hydrogens (tertiary/aromatic N) is 3. The number of carboxylic acid groups (broad SMARTS) is 1. The molecule has 0 saturated carbocycles. The van der Waals surface area contributed by atoms with Crippen LogP contribution in [0.3, 0.4) is 0 Å². The van der Waals surface area contributed by atoms with E-state index in [4.69, 9.17) is 5.11 Å². The summed E-state index contributed by atoms with van der Waals surface area (Å²) in [5, 5.41) is 8.97. The number of carbonyl (C=O) groups is 1. The van der Waals surface area contributed by atoms with E-state index in [0.29, 0.717) is 0 Å². The maximum atomic E-state index is 10.9. The Bertz CT molecular complexity index is 480. The van der Waals surface area contributed by atoms with Crippen molar-refractivity contribution in [3.05, 3.63) is 23.4 Å². The van der Waals surface area contributed by atoms with Gasteiger partial charge in [-0.25, -0.2) is 9.78 Å².